The van der Waals surface area contributed by atoms with Gasteiger partial charge in [-0.25, -0.2) is 12.7 Å². The Morgan fingerprint density at radius 3 is 2.76 bits per heavy atom. The quantitative estimate of drug-likeness (QED) is 0.375. The monoisotopic (exact) mass is 421 g/mol. The summed E-state index contributed by atoms with van der Waals surface area (Å²) in [7, 11) is -3.09. The summed E-state index contributed by atoms with van der Waals surface area (Å²) in [6, 6.07) is 6.10. The highest BCUT2D eigenvalue weighted by atomic mass is 32.2. The first-order valence-corrected chi connectivity index (χ1v) is 12.0. The van der Waals surface area contributed by atoms with Gasteiger partial charge in [0.2, 0.25) is 10.0 Å². The second kappa shape index (κ2) is 10.0. The number of guanidine groups is 1. The minimum atomic E-state index is -3.09. The fourth-order valence-electron chi connectivity index (χ4n) is 3.46. The third kappa shape index (κ3) is 5.66. The van der Waals surface area contributed by atoms with Crippen molar-refractivity contribution in [1.29, 1.82) is 0 Å². The van der Waals surface area contributed by atoms with Crippen molar-refractivity contribution < 1.29 is 8.42 Å². The summed E-state index contributed by atoms with van der Waals surface area (Å²) in [5, 5.41) is 15.2. The van der Waals surface area contributed by atoms with Gasteiger partial charge in [0.15, 0.2) is 11.6 Å². The van der Waals surface area contributed by atoms with Gasteiger partial charge in [0.1, 0.15) is 5.82 Å². The van der Waals surface area contributed by atoms with Crippen molar-refractivity contribution in [2.75, 3.05) is 31.9 Å². The number of hydrogen-bond donors (Lipinski definition) is 2. The SMILES string of the molecule is CCNC(=NCCCc1nnc2ccccn12)NC1CCN(S(=O)(=O)CC)CC1. The molecule has 29 heavy (non-hydrogen) atoms. The number of pyridine rings is 1. The van der Waals surface area contributed by atoms with Crippen LogP contribution in [0.25, 0.3) is 5.65 Å². The average Bonchev–Trinajstić information content (AvgIpc) is 3.15. The van der Waals surface area contributed by atoms with E-state index in [-0.39, 0.29) is 11.8 Å². The molecule has 9 nitrogen and oxygen atoms in total. The van der Waals surface area contributed by atoms with Crippen molar-refractivity contribution in [2.24, 2.45) is 4.99 Å². The highest BCUT2D eigenvalue weighted by Crippen LogP contribution is 2.14. The number of sulfonamides is 1. The van der Waals surface area contributed by atoms with Gasteiger partial charge in [0, 0.05) is 44.8 Å². The molecular formula is C19H31N7O2S. The lowest BCUT2D eigenvalue weighted by Gasteiger charge is -2.32. The van der Waals surface area contributed by atoms with Crippen molar-refractivity contribution in [1.82, 2.24) is 29.5 Å². The molecule has 2 N–H and O–H groups in total. The molecule has 0 aromatic carbocycles. The topological polar surface area (TPSA) is 104 Å². The van der Waals surface area contributed by atoms with Gasteiger partial charge < -0.3 is 10.6 Å². The van der Waals surface area contributed by atoms with Crippen LogP contribution in [0, 0.1) is 0 Å². The fraction of sp³-hybridized carbons (Fsp3) is 0.632. The standard InChI is InChI=1S/C19H31N7O2S/c1-3-20-19(22-16-10-14-25(15-11-16)29(27,28)4-2)21-12-7-9-18-24-23-17-8-5-6-13-26(17)18/h5-6,8,13,16H,3-4,7,9-12,14-15H2,1-2H3,(H2,20,21,22). The zero-order chi connectivity index (χ0) is 20.7. The molecule has 0 unspecified atom stereocenters. The number of nitrogens with one attached hydrogen (secondary N) is 2. The molecule has 2 aromatic heterocycles. The van der Waals surface area contributed by atoms with Gasteiger partial charge in [0.25, 0.3) is 0 Å². The Bertz CT molecular complexity index is 918. The molecule has 0 amide bonds. The van der Waals surface area contributed by atoms with E-state index in [1.54, 1.807) is 11.2 Å². The van der Waals surface area contributed by atoms with Gasteiger partial charge in [-0.05, 0) is 45.2 Å². The Labute approximate surface area is 172 Å². The minimum Gasteiger partial charge on any atom is -0.357 e. The number of piperidine rings is 1. The molecule has 3 heterocycles. The summed E-state index contributed by atoms with van der Waals surface area (Å²) in [4.78, 5) is 4.68. The number of fused-ring (bicyclic) bond motifs is 1. The van der Waals surface area contributed by atoms with E-state index >= 15 is 0 Å². The maximum absolute atomic E-state index is 12.0. The number of aliphatic imine (C=N–C) groups is 1. The van der Waals surface area contributed by atoms with Crippen LogP contribution in [0.5, 0.6) is 0 Å². The predicted molar refractivity (Wildman–Crippen MR) is 114 cm³/mol. The summed E-state index contributed by atoms with van der Waals surface area (Å²) in [6.07, 6.45) is 5.23. The number of nitrogens with zero attached hydrogens (tertiary/aromatic N) is 5. The molecule has 0 spiro atoms. The summed E-state index contributed by atoms with van der Waals surface area (Å²) < 4.78 is 27.6. The Balaban J connectivity index is 1.49. The van der Waals surface area contributed by atoms with Gasteiger partial charge in [-0.3, -0.25) is 9.39 Å². The molecule has 3 rings (SSSR count). The van der Waals surface area contributed by atoms with Crippen LogP contribution in [-0.4, -0.2) is 71.3 Å². The highest BCUT2D eigenvalue weighted by molar-refractivity contribution is 7.89. The average molecular weight is 422 g/mol. The molecule has 2 aromatic rings. The first-order chi connectivity index (χ1) is 14.0. The summed E-state index contributed by atoms with van der Waals surface area (Å²) in [5.41, 5.74) is 0.859. The Morgan fingerprint density at radius 2 is 2.03 bits per heavy atom. The number of aryl methyl sites for hydroxylation is 1. The zero-order valence-electron chi connectivity index (χ0n) is 17.2. The van der Waals surface area contributed by atoms with Gasteiger partial charge in [-0.1, -0.05) is 6.07 Å². The molecule has 0 bridgehead atoms. The van der Waals surface area contributed by atoms with Crippen molar-refractivity contribution >= 4 is 21.6 Å². The second-order valence-electron chi connectivity index (χ2n) is 7.13. The number of hydrogen-bond acceptors (Lipinski definition) is 5. The van der Waals surface area contributed by atoms with E-state index in [9.17, 15) is 8.42 Å². The Morgan fingerprint density at radius 1 is 1.24 bits per heavy atom. The van der Waals surface area contributed by atoms with E-state index in [1.165, 1.54) is 0 Å². The van der Waals surface area contributed by atoms with Crippen molar-refractivity contribution in [2.45, 2.75) is 45.6 Å². The van der Waals surface area contributed by atoms with Crippen LogP contribution in [0.2, 0.25) is 0 Å². The third-order valence-corrected chi connectivity index (χ3v) is 6.99. The fourth-order valence-corrected chi connectivity index (χ4v) is 4.60. The number of aromatic nitrogens is 3. The van der Waals surface area contributed by atoms with Gasteiger partial charge >= 0.3 is 0 Å². The van der Waals surface area contributed by atoms with Crippen molar-refractivity contribution in [3.8, 4) is 0 Å². The molecule has 160 valence electrons. The smallest absolute Gasteiger partial charge is 0.213 e. The first-order valence-electron chi connectivity index (χ1n) is 10.3. The van der Waals surface area contributed by atoms with Crippen LogP contribution in [0.4, 0.5) is 0 Å². The van der Waals surface area contributed by atoms with Crippen LogP contribution in [0.15, 0.2) is 29.4 Å². The van der Waals surface area contributed by atoms with Crippen LogP contribution < -0.4 is 10.6 Å². The van der Waals surface area contributed by atoms with Gasteiger partial charge in [-0.15, -0.1) is 10.2 Å². The summed E-state index contributed by atoms with van der Waals surface area (Å²) in [5.74, 6) is 1.89. The van der Waals surface area contributed by atoms with E-state index in [0.717, 1.165) is 49.7 Å². The van der Waals surface area contributed by atoms with E-state index in [0.29, 0.717) is 19.6 Å². The lowest BCUT2D eigenvalue weighted by Crippen LogP contribution is -2.50. The van der Waals surface area contributed by atoms with E-state index in [1.807, 2.05) is 35.7 Å². The lowest BCUT2D eigenvalue weighted by molar-refractivity contribution is 0.306. The molecule has 0 atom stereocenters. The predicted octanol–water partition coefficient (Wildman–Crippen LogP) is 1.03. The Kier molecular flexibility index (Phi) is 7.43. The van der Waals surface area contributed by atoms with E-state index < -0.39 is 10.0 Å². The molecule has 1 fully saturated rings. The molecule has 1 aliphatic rings. The third-order valence-electron chi connectivity index (χ3n) is 5.11. The molecule has 0 saturated carbocycles. The lowest BCUT2D eigenvalue weighted by atomic mass is 10.1. The highest BCUT2D eigenvalue weighted by Gasteiger charge is 2.26. The molecule has 1 aliphatic heterocycles. The second-order valence-corrected chi connectivity index (χ2v) is 9.39. The normalized spacial score (nSPS) is 17.0. The van der Waals surface area contributed by atoms with Crippen LogP contribution in [0.3, 0.4) is 0 Å². The molecular weight excluding hydrogens is 390 g/mol. The maximum atomic E-state index is 12.0. The first kappa shape index (κ1) is 21.5. The van der Waals surface area contributed by atoms with Crippen molar-refractivity contribution in [3.63, 3.8) is 0 Å². The maximum Gasteiger partial charge on any atom is 0.213 e. The largest absolute Gasteiger partial charge is 0.357 e. The van der Waals surface area contributed by atoms with E-state index in [2.05, 4.69) is 25.8 Å². The molecule has 0 aliphatic carbocycles. The zero-order valence-corrected chi connectivity index (χ0v) is 18.0. The van der Waals surface area contributed by atoms with E-state index in [4.69, 9.17) is 0 Å². The van der Waals surface area contributed by atoms with Gasteiger partial charge in [-0.2, -0.15) is 0 Å². The molecule has 1 saturated heterocycles. The molecule has 10 heteroatoms. The number of rotatable bonds is 8. The summed E-state index contributed by atoms with van der Waals surface area (Å²) in [6.45, 7) is 6.32. The molecule has 0 radical (unpaired) electrons. The van der Waals surface area contributed by atoms with Crippen LogP contribution >= 0.6 is 0 Å². The minimum absolute atomic E-state index is 0.163. The van der Waals surface area contributed by atoms with Crippen LogP contribution in [0.1, 0.15) is 38.9 Å². The van der Waals surface area contributed by atoms with Crippen molar-refractivity contribution in [3.05, 3.63) is 30.2 Å². The Hall–Kier alpha value is -2.20. The van der Waals surface area contributed by atoms with Crippen LogP contribution in [-0.2, 0) is 16.4 Å². The summed E-state index contributed by atoms with van der Waals surface area (Å²) >= 11 is 0. The van der Waals surface area contributed by atoms with Gasteiger partial charge in [0.05, 0.1) is 5.75 Å².